The average molecular weight is 436 g/mol. The van der Waals surface area contributed by atoms with Crippen molar-refractivity contribution in [3.8, 4) is 11.3 Å². The number of nitrogens with one attached hydrogen (secondary N) is 1. The molecule has 5 nitrogen and oxygen atoms in total. The highest BCUT2D eigenvalue weighted by Gasteiger charge is 2.43. The van der Waals surface area contributed by atoms with E-state index in [0.717, 1.165) is 41.8 Å². The molecule has 31 heavy (non-hydrogen) atoms. The second kappa shape index (κ2) is 8.13. The first-order valence-electron chi connectivity index (χ1n) is 10.9. The minimum atomic E-state index is -0.197. The van der Waals surface area contributed by atoms with E-state index in [1.54, 1.807) is 0 Å². The summed E-state index contributed by atoms with van der Waals surface area (Å²) in [6.07, 6.45) is 2.11. The number of carbonyl (C=O) groups excluding carboxylic acids is 1. The molecule has 3 heterocycles. The molecule has 1 fully saturated rings. The van der Waals surface area contributed by atoms with Gasteiger partial charge in [-0.2, -0.15) is 5.10 Å². The van der Waals surface area contributed by atoms with Crippen LogP contribution in [0.1, 0.15) is 65.8 Å². The normalized spacial score (nSPS) is 20.6. The highest BCUT2D eigenvalue weighted by atomic mass is 35.5. The molecular weight excluding hydrogens is 410 g/mol. The summed E-state index contributed by atoms with van der Waals surface area (Å²) in [6.45, 7) is 5.72. The van der Waals surface area contributed by atoms with Crippen molar-refractivity contribution in [1.29, 1.82) is 0 Å². The van der Waals surface area contributed by atoms with E-state index in [9.17, 15) is 4.79 Å². The summed E-state index contributed by atoms with van der Waals surface area (Å²) in [4.78, 5) is 15.4. The Morgan fingerprint density at radius 3 is 2.55 bits per heavy atom. The van der Waals surface area contributed by atoms with Crippen molar-refractivity contribution in [2.75, 3.05) is 13.2 Å². The van der Waals surface area contributed by atoms with E-state index in [2.05, 4.69) is 48.3 Å². The van der Waals surface area contributed by atoms with Gasteiger partial charge in [0.25, 0.3) is 5.91 Å². The monoisotopic (exact) mass is 435 g/mol. The summed E-state index contributed by atoms with van der Waals surface area (Å²) >= 11 is 6.09. The van der Waals surface area contributed by atoms with Crippen molar-refractivity contribution in [3.05, 3.63) is 75.9 Å². The maximum absolute atomic E-state index is 13.4. The number of carbonyl (C=O) groups is 1. The van der Waals surface area contributed by atoms with Crippen LogP contribution >= 0.6 is 11.6 Å². The molecule has 0 spiro atoms. The van der Waals surface area contributed by atoms with Crippen LogP contribution in [-0.4, -0.2) is 40.3 Å². The molecule has 0 saturated carbocycles. The maximum atomic E-state index is 13.4. The number of hydrogen-bond donors (Lipinski definition) is 1. The van der Waals surface area contributed by atoms with Gasteiger partial charge in [0.1, 0.15) is 5.69 Å². The summed E-state index contributed by atoms with van der Waals surface area (Å²) in [7, 11) is 0. The highest BCUT2D eigenvalue weighted by molar-refractivity contribution is 6.30. The summed E-state index contributed by atoms with van der Waals surface area (Å²) in [5.41, 5.74) is 5.61. The van der Waals surface area contributed by atoms with Crippen LogP contribution in [-0.2, 0) is 4.74 Å². The van der Waals surface area contributed by atoms with Gasteiger partial charge in [-0.3, -0.25) is 9.89 Å². The third kappa shape index (κ3) is 3.66. The van der Waals surface area contributed by atoms with E-state index in [0.29, 0.717) is 23.2 Å². The molecule has 1 N–H and O–H groups in total. The van der Waals surface area contributed by atoms with Crippen LogP contribution in [0, 0.1) is 0 Å². The largest absolute Gasteiger partial charge is 0.376 e. The topological polar surface area (TPSA) is 58.2 Å². The molecule has 0 bridgehead atoms. The number of amides is 1. The molecule has 2 atom stereocenters. The van der Waals surface area contributed by atoms with Crippen molar-refractivity contribution >= 4 is 17.5 Å². The summed E-state index contributed by atoms with van der Waals surface area (Å²) in [6, 6.07) is 16.0. The predicted octanol–water partition coefficient (Wildman–Crippen LogP) is 5.58. The molecule has 2 aliphatic heterocycles. The van der Waals surface area contributed by atoms with Crippen LogP contribution in [0.5, 0.6) is 0 Å². The van der Waals surface area contributed by atoms with Crippen LogP contribution < -0.4 is 0 Å². The molecule has 3 aromatic rings. The van der Waals surface area contributed by atoms with E-state index in [1.807, 2.05) is 29.2 Å². The average Bonchev–Trinajstić information content (AvgIpc) is 3.49. The molecule has 1 aromatic heterocycles. The number of aromatic amines is 1. The Bertz CT molecular complexity index is 1080. The Balaban J connectivity index is 1.60. The Hall–Kier alpha value is -2.63. The van der Waals surface area contributed by atoms with Crippen molar-refractivity contribution < 1.29 is 9.53 Å². The maximum Gasteiger partial charge on any atom is 0.273 e. The molecule has 1 saturated heterocycles. The van der Waals surface area contributed by atoms with Gasteiger partial charge in [-0.05, 0) is 42.0 Å². The zero-order chi connectivity index (χ0) is 21.5. The van der Waals surface area contributed by atoms with Crippen molar-refractivity contribution in [2.45, 2.75) is 44.8 Å². The minimum Gasteiger partial charge on any atom is -0.376 e. The predicted molar refractivity (Wildman–Crippen MR) is 121 cm³/mol. The van der Waals surface area contributed by atoms with Gasteiger partial charge in [0.2, 0.25) is 0 Å². The van der Waals surface area contributed by atoms with Gasteiger partial charge in [-0.1, -0.05) is 61.8 Å². The highest BCUT2D eigenvalue weighted by Crippen LogP contribution is 2.43. The van der Waals surface area contributed by atoms with Crippen LogP contribution in [0.25, 0.3) is 11.3 Å². The zero-order valence-corrected chi connectivity index (χ0v) is 18.5. The first-order chi connectivity index (χ1) is 15.0. The Morgan fingerprint density at radius 2 is 1.90 bits per heavy atom. The first kappa shape index (κ1) is 20.3. The fraction of sp³-hybridized carbons (Fsp3) is 0.360. The van der Waals surface area contributed by atoms with Crippen LogP contribution in [0.3, 0.4) is 0 Å². The molecule has 0 radical (unpaired) electrons. The van der Waals surface area contributed by atoms with Gasteiger partial charge in [0, 0.05) is 29.3 Å². The van der Waals surface area contributed by atoms with Crippen molar-refractivity contribution in [2.24, 2.45) is 0 Å². The quantitative estimate of drug-likeness (QED) is 0.569. The summed E-state index contributed by atoms with van der Waals surface area (Å²) in [5.74, 6) is 0.438. The SMILES string of the molecule is CC(C)c1ccc(C2c3c(-c4ccc(Cl)cc4)n[nH]c3C(=O)N2CC2CCCO2)cc1. The van der Waals surface area contributed by atoms with Crippen molar-refractivity contribution in [1.82, 2.24) is 15.1 Å². The first-order valence-corrected chi connectivity index (χ1v) is 11.3. The number of aromatic nitrogens is 2. The molecule has 6 heteroatoms. The van der Waals surface area contributed by atoms with Crippen LogP contribution in [0.15, 0.2) is 48.5 Å². The van der Waals surface area contributed by atoms with Gasteiger partial charge in [0.15, 0.2) is 0 Å². The van der Waals surface area contributed by atoms with Crippen molar-refractivity contribution in [3.63, 3.8) is 0 Å². The van der Waals surface area contributed by atoms with Gasteiger partial charge < -0.3 is 9.64 Å². The summed E-state index contributed by atoms with van der Waals surface area (Å²) < 4.78 is 5.87. The number of H-pyrrole nitrogens is 1. The third-order valence-corrected chi connectivity index (χ3v) is 6.58. The Labute approximate surface area is 187 Å². The second-order valence-electron chi connectivity index (χ2n) is 8.68. The lowest BCUT2D eigenvalue weighted by molar-refractivity contribution is 0.0495. The lowest BCUT2D eigenvalue weighted by atomic mass is 9.93. The minimum absolute atomic E-state index is 0.0175. The standard InChI is InChI=1S/C25H26ClN3O2/c1-15(2)16-5-7-18(8-6-16)24-21-22(17-9-11-19(26)12-10-17)27-28-23(21)25(30)29(24)14-20-4-3-13-31-20/h5-12,15,20,24H,3-4,13-14H2,1-2H3,(H,27,28). The fourth-order valence-corrected chi connectivity index (χ4v) is 4.76. The lowest BCUT2D eigenvalue weighted by Gasteiger charge is -2.28. The van der Waals surface area contributed by atoms with E-state index in [4.69, 9.17) is 16.3 Å². The Morgan fingerprint density at radius 1 is 1.16 bits per heavy atom. The molecule has 0 aliphatic carbocycles. The van der Waals surface area contributed by atoms with Gasteiger partial charge in [-0.25, -0.2) is 0 Å². The number of ether oxygens (including phenoxy) is 1. The van der Waals surface area contributed by atoms with Crippen LogP contribution in [0.2, 0.25) is 5.02 Å². The number of halogens is 1. The third-order valence-electron chi connectivity index (χ3n) is 6.32. The van der Waals surface area contributed by atoms with Gasteiger partial charge in [0.05, 0.1) is 17.8 Å². The van der Waals surface area contributed by atoms with E-state index < -0.39 is 0 Å². The molecule has 2 aromatic carbocycles. The number of nitrogens with zero attached hydrogens (tertiary/aromatic N) is 2. The molecule has 5 rings (SSSR count). The van der Waals surface area contributed by atoms with Gasteiger partial charge in [-0.15, -0.1) is 0 Å². The number of fused-ring (bicyclic) bond motifs is 1. The fourth-order valence-electron chi connectivity index (χ4n) is 4.63. The van der Waals surface area contributed by atoms with Crippen LogP contribution in [0.4, 0.5) is 0 Å². The second-order valence-corrected chi connectivity index (χ2v) is 9.12. The van der Waals surface area contributed by atoms with E-state index in [-0.39, 0.29) is 18.1 Å². The van der Waals surface area contributed by atoms with E-state index in [1.165, 1.54) is 5.56 Å². The molecule has 160 valence electrons. The van der Waals surface area contributed by atoms with E-state index >= 15 is 0 Å². The number of rotatable bonds is 5. The number of hydrogen-bond acceptors (Lipinski definition) is 3. The zero-order valence-electron chi connectivity index (χ0n) is 17.8. The molecular formula is C25H26ClN3O2. The molecule has 2 unspecified atom stereocenters. The molecule has 2 aliphatic rings. The summed E-state index contributed by atoms with van der Waals surface area (Å²) in [5, 5.41) is 8.22. The number of benzene rings is 2. The molecule has 1 amide bonds. The lowest BCUT2D eigenvalue weighted by Crippen LogP contribution is -2.36. The smallest absolute Gasteiger partial charge is 0.273 e. The Kier molecular flexibility index (Phi) is 5.32. The van der Waals surface area contributed by atoms with Gasteiger partial charge >= 0.3 is 0 Å².